The third kappa shape index (κ3) is 2.14. The van der Waals surface area contributed by atoms with E-state index in [1.165, 1.54) is 18.2 Å². The van der Waals surface area contributed by atoms with Crippen LogP contribution in [0.3, 0.4) is 0 Å². The second-order valence-electron chi connectivity index (χ2n) is 4.03. The fourth-order valence-corrected chi connectivity index (χ4v) is 1.66. The van der Waals surface area contributed by atoms with Crippen molar-refractivity contribution in [3.8, 4) is 0 Å². The summed E-state index contributed by atoms with van der Waals surface area (Å²) in [5, 5.41) is 11.8. The first kappa shape index (κ1) is 10.9. The molecular formula is C11H13FN2O2. The lowest BCUT2D eigenvalue weighted by Gasteiger charge is -2.31. The monoisotopic (exact) mass is 224 g/mol. The molecule has 1 aliphatic rings. The van der Waals surface area contributed by atoms with E-state index >= 15 is 0 Å². The number of carbonyl (C=O) groups is 1. The van der Waals surface area contributed by atoms with Crippen LogP contribution >= 0.6 is 0 Å². The van der Waals surface area contributed by atoms with Crippen molar-refractivity contribution in [3.63, 3.8) is 0 Å². The maximum absolute atomic E-state index is 12.9. The van der Waals surface area contributed by atoms with Crippen LogP contribution in [-0.2, 0) is 0 Å². The minimum absolute atomic E-state index is 0.00813. The predicted octanol–water partition coefficient (Wildman–Crippen LogP) is 0.661. The molecule has 0 aliphatic heterocycles. The zero-order valence-electron chi connectivity index (χ0n) is 8.61. The van der Waals surface area contributed by atoms with Gasteiger partial charge in [-0.3, -0.25) is 4.79 Å². The minimum atomic E-state index is -0.532. The fraction of sp³-hybridized carbons (Fsp3) is 0.364. The molecule has 0 bridgehead atoms. The van der Waals surface area contributed by atoms with Crippen LogP contribution < -0.4 is 11.1 Å². The van der Waals surface area contributed by atoms with Gasteiger partial charge in [0.15, 0.2) is 0 Å². The van der Waals surface area contributed by atoms with Gasteiger partial charge in [-0.1, -0.05) is 0 Å². The van der Waals surface area contributed by atoms with Gasteiger partial charge in [0.25, 0.3) is 5.91 Å². The molecule has 1 aromatic carbocycles. The molecule has 1 aromatic rings. The van der Waals surface area contributed by atoms with Gasteiger partial charge in [0, 0.05) is 11.6 Å². The highest BCUT2D eigenvalue weighted by Crippen LogP contribution is 2.20. The van der Waals surface area contributed by atoms with Crippen LogP contribution in [0.1, 0.15) is 23.2 Å². The lowest BCUT2D eigenvalue weighted by Crippen LogP contribution is -2.46. The van der Waals surface area contributed by atoms with Crippen LogP contribution in [0.15, 0.2) is 18.2 Å². The normalized spacial score (nSPS) is 23.6. The number of hydrogen-bond donors (Lipinski definition) is 3. The molecule has 0 atom stereocenters. The first-order chi connectivity index (χ1) is 7.56. The molecule has 0 radical (unpaired) electrons. The van der Waals surface area contributed by atoms with Crippen molar-refractivity contribution in [2.24, 2.45) is 0 Å². The number of anilines is 1. The molecule has 16 heavy (non-hydrogen) atoms. The van der Waals surface area contributed by atoms with E-state index in [-0.39, 0.29) is 23.7 Å². The average molecular weight is 224 g/mol. The second kappa shape index (κ2) is 4.09. The third-order valence-corrected chi connectivity index (χ3v) is 2.71. The number of hydrogen-bond acceptors (Lipinski definition) is 3. The number of amides is 1. The second-order valence-corrected chi connectivity index (χ2v) is 4.03. The van der Waals surface area contributed by atoms with Gasteiger partial charge in [0.1, 0.15) is 5.82 Å². The van der Waals surface area contributed by atoms with Crippen LogP contribution in [0, 0.1) is 5.82 Å². The molecule has 86 valence electrons. The summed E-state index contributed by atoms with van der Waals surface area (Å²) in [5.74, 6) is -0.820. The molecular weight excluding hydrogens is 211 g/mol. The third-order valence-electron chi connectivity index (χ3n) is 2.71. The maximum Gasteiger partial charge on any atom is 0.251 e. The van der Waals surface area contributed by atoms with E-state index in [9.17, 15) is 9.18 Å². The molecule has 0 unspecified atom stereocenters. The number of nitrogen functional groups attached to an aromatic ring is 1. The van der Waals surface area contributed by atoms with E-state index in [1.54, 1.807) is 0 Å². The van der Waals surface area contributed by atoms with Gasteiger partial charge < -0.3 is 16.2 Å². The molecule has 0 aromatic heterocycles. The number of nitrogens with one attached hydrogen (secondary N) is 1. The Morgan fingerprint density at radius 2 is 2.19 bits per heavy atom. The van der Waals surface area contributed by atoms with Gasteiger partial charge in [-0.15, -0.1) is 0 Å². The Kier molecular flexibility index (Phi) is 2.78. The summed E-state index contributed by atoms with van der Waals surface area (Å²) >= 11 is 0. The van der Waals surface area contributed by atoms with Gasteiger partial charge in [0.2, 0.25) is 0 Å². The lowest BCUT2D eigenvalue weighted by atomic mass is 9.89. The molecule has 4 nitrogen and oxygen atoms in total. The Hall–Kier alpha value is -1.62. The van der Waals surface area contributed by atoms with Gasteiger partial charge >= 0.3 is 0 Å². The Labute approximate surface area is 92.3 Å². The number of carbonyl (C=O) groups excluding carboxylic acids is 1. The zero-order chi connectivity index (χ0) is 11.7. The summed E-state index contributed by atoms with van der Waals surface area (Å²) in [4.78, 5) is 11.6. The summed E-state index contributed by atoms with van der Waals surface area (Å²) in [5.41, 5.74) is 5.66. The summed E-state index contributed by atoms with van der Waals surface area (Å²) in [7, 11) is 0. The molecule has 4 N–H and O–H groups in total. The van der Waals surface area contributed by atoms with E-state index in [1.807, 2.05) is 0 Å². The summed E-state index contributed by atoms with van der Waals surface area (Å²) in [6.45, 7) is 0. The molecule has 5 heteroatoms. The Morgan fingerprint density at radius 1 is 1.50 bits per heavy atom. The van der Waals surface area contributed by atoms with Crippen molar-refractivity contribution in [2.45, 2.75) is 25.0 Å². The first-order valence-corrected chi connectivity index (χ1v) is 5.10. The number of aliphatic hydroxyl groups is 1. The average Bonchev–Trinajstić information content (AvgIpc) is 2.19. The molecule has 0 spiro atoms. The van der Waals surface area contributed by atoms with Gasteiger partial charge in [-0.2, -0.15) is 0 Å². The van der Waals surface area contributed by atoms with E-state index in [0.29, 0.717) is 18.4 Å². The van der Waals surface area contributed by atoms with Crippen molar-refractivity contribution in [3.05, 3.63) is 29.6 Å². The van der Waals surface area contributed by atoms with Gasteiger partial charge in [0.05, 0.1) is 11.8 Å². The molecule has 2 rings (SSSR count). The minimum Gasteiger partial charge on any atom is -0.396 e. The van der Waals surface area contributed by atoms with E-state index in [4.69, 9.17) is 10.8 Å². The van der Waals surface area contributed by atoms with E-state index < -0.39 is 5.82 Å². The highest BCUT2D eigenvalue weighted by atomic mass is 19.1. The van der Waals surface area contributed by atoms with Gasteiger partial charge in [-0.25, -0.2) is 4.39 Å². The van der Waals surface area contributed by atoms with Crippen LogP contribution in [0.25, 0.3) is 0 Å². The van der Waals surface area contributed by atoms with Crippen molar-refractivity contribution in [1.29, 1.82) is 0 Å². The van der Waals surface area contributed by atoms with Crippen LogP contribution in [0.4, 0.5) is 10.1 Å². The van der Waals surface area contributed by atoms with Crippen LogP contribution in [0.5, 0.6) is 0 Å². The highest BCUT2D eigenvalue weighted by Gasteiger charge is 2.28. The van der Waals surface area contributed by atoms with Gasteiger partial charge in [-0.05, 0) is 31.0 Å². The van der Waals surface area contributed by atoms with Crippen molar-refractivity contribution >= 4 is 11.6 Å². The van der Waals surface area contributed by atoms with Crippen molar-refractivity contribution in [2.75, 3.05) is 5.73 Å². The lowest BCUT2D eigenvalue weighted by molar-refractivity contribution is 0.0562. The quantitative estimate of drug-likeness (QED) is 0.646. The van der Waals surface area contributed by atoms with Crippen molar-refractivity contribution < 1.29 is 14.3 Å². The van der Waals surface area contributed by atoms with Crippen LogP contribution in [-0.4, -0.2) is 23.2 Å². The molecule has 0 heterocycles. The van der Waals surface area contributed by atoms with E-state index in [0.717, 1.165) is 0 Å². The smallest absolute Gasteiger partial charge is 0.251 e. The number of aliphatic hydroxyl groups excluding tert-OH is 1. The Morgan fingerprint density at radius 3 is 2.75 bits per heavy atom. The van der Waals surface area contributed by atoms with Crippen molar-refractivity contribution in [1.82, 2.24) is 5.32 Å². The number of halogens is 1. The summed E-state index contributed by atoms with van der Waals surface area (Å²) in [6, 6.07) is 3.87. The number of rotatable bonds is 2. The molecule has 1 amide bonds. The highest BCUT2D eigenvalue weighted by molar-refractivity contribution is 5.95. The topological polar surface area (TPSA) is 75.4 Å². The first-order valence-electron chi connectivity index (χ1n) is 5.10. The molecule has 1 fully saturated rings. The Bertz CT molecular complexity index is 416. The zero-order valence-corrected chi connectivity index (χ0v) is 8.61. The summed E-state index contributed by atoms with van der Waals surface area (Å²) in [6.07, 6.45) is 0.828. The molecule has 0 saturated heterocycles. The fourth-order valence-electron chi connectivity index (χ4n) is 1.66. The molecule has 1 aliphatic carbocycles. The maximum atomic E-state index is 12.9. The SMILES string of the molecule is Nc1cc(C(=O)NC2CC(O)C2)ccc1F. The largest absolute Gasteiger partial charge is 0.396 e. The number of benzene rings is 1. The standard InChI is InChI=1S/C11H13FN2O2/c12-9-2-1-6(3-10(9)13)11(16)14-7-4-8(15)5-7/h1-3,7-8,15H,4-5,13H2,(H,14,16). The summed E-state index contributed by atoms with van der Waals surface area (Å²) < 4.78 is 12.9. The van der Waals surface area contributed by atoms with E-state index in [2.05, 4.69) is 5.32 Å². The number of nitrogens with two attached hydrogens (primary N) is 1. The van der Waals surface area contributed by atoms with Crippen LogP contribution in [0.2, 0.25) is 0 Å². The Balaban J connectivity index is 2.01. The molecule has 1 saturated carbocycles. The predicted molar refractivity (Wildman–Crippen MR) is 57.3 cm³/mol.